The van der Waals surface area contributed by atoms with E-state index in [0.29, 0.717) is 0 Å². The predicted octanol–water partition coefficient (Wildman–Crippen LogP) is 2.65. The Hall–Kier alpha value is -0.960. The third-order valence-corrected chi connectivity index (χ3v) is 2.16. The minimum Gasteiger partial charge on any atom is -0.245 e. The average molecular weight is 166 g/mol. The summed E-state index contributed by atoms with van der Waals surface area (Å²) in [5.74, 6) is 0. The standard InChI is InChI=1S/C8H10N2S/c1-4-5-9-8-6(2)10-7(3)11-8/h4-5H,1H2,2-3H3/b9-5-. The molecule has 0 unspecified atom stereocenters. The highest BCUT2D eigenvalue weighted by atomic mass is 32.1. The van der Waals surface area contributed by atoms with Crippen LogP contribution in [-0.4, -0.2) is 11.2 Å². The normalized spacial score (nSPS) is 10.7. The zero-order valence-corrected chi connectivity index (χ0v) is 7.48. The minimum absolute atomic E-state index is 0.974. The second-order valence-electron chi connectivity index (χ2n) is 2.14. The number of aliphatic imine (C=N–C) groups is 1. The molecule has 1 heterocycles. The molecule has 58 valence electrons. The smallest absolute Gasteiger partial charge is 0.138 e. The summed E-state index contributed by atoms with van der Waals surface area (Å²) in [6.07, 6.45) is 3.34. The van der Waals surface area contributed by atoms with Crippen molar-refractivity contribution in [3.8, 4) is 0 Å². The summed E-state index contributed by atoms with van der Waals surface area (Å²) >= 11 is 1.60. The van der Waals surface area contributed by atoms with E-state index in [4.69, 9.17) is 0 Å². The Morgan fingerprint density at radius 1 is 1.55 bits per heavy atom. The van der Waals surface area contributed by atoms with Gasteiger partial charge in [0, 0.05) is 6.21 Å². The molecule has 3 heteroatoms. The molecule has 1 rings (SSSR count). The van der Waals surface area contributed by atoms with Crippen molar-refractivity contribution in [2.45, 2.75) is 13.8 Å². The van der Waals surface area contributed by atoms with E-state index >= 15 is 0 Å². The molecule has 1 aromatic heterocycles. The zero-order chi connectivity index (χ0) is 8.27. The molecule has 0 aliphatic rings. The summed E-state index contributed by atoms with van der Waals surface area (Å²) in [4.78, 5) is 8.39. The van der Waals surface area contributed by atoms with Gasteiger partial charge in [0.05, 0.1) is 10.7 Å². The van der Waals surface area contributed by atoms with Crippen LogP contribution in [0.2, 0.25) is 0 Å². The van der Waals surface area contributed by atoms with Crippen LogP contribution in [0.15, 0.2) is 17.6 Å². The third kappa shape index (κ3) is 1.98. The first-order chi connectivity index (χ1) is 5.24. The number of aryl methyl sites for hydroxylation is 2. The molecule has 0 fully saturated rings. The highest BCUT2D eigenvalue weighted by Gasteiger charge is 2.00. The molecule has 0 aliphatic heterocycles. The molecule has 0 saturated carbocycles. The molecule has 0 bridgehead atoms. The van der Waals surface area contributed by atoms with Gasteiger partial charge in [-0.1, -0.05) is 24.0 Å². The van der Waals surface area contributed by atoms with Crippen LogP contribution in [0.5, 0.6) is 0 Å². The predicted molar refractivity (Wildman–Crippen MR) is 49.9 cm³/mol. The average Bonchev–Trinajstić information content (AvgIpc) is 2.26. The van der Waals surface area contributed by atoms with Crippen molar-refractivity contribution in [3.05, 3.63) is 23.4 Å². The number of thiazole rings is 1. The van der Waals surface area contributed by atoms with Crippen molar-refractivity contribution >= 4 is 22.6 Å². The molecule has 11 heavy (non-hydrogen) atoms. The van der Waals surface area contributed by atoms with Crippen LogP contribution in [-0.2, 0) is 0 Å². The van der Waals surface area contributed by atoms with Crippen molar-refractivity contribution in [1.29, 1.82) is 0 Å². The Balaban J connectivity index is 2.93. The number of aromatic nitrogens is 1. The van der Waals surface area contributed by atoms with E-state index in [1.54, 1.807) is 23.6 Å². The van der Waals surface area contributed by atoms with Crippen molar-refractivity contribution in [3.63, 3.8) is 0 Å². The highest BCUT2D eigenvalue weighted by molar-refractivity contribution is 7.15. The second kappa shape index (κ2) is 3.44. The summed E-state index contributed by atoms with van der Waals surface area (Å²) in [5.41, 5.74) is 0.991. The van der Waals surface area contributed by atoms with Crippen LogP contribution in [0.25, 0.3) is 0 Å². The van der Waals surface area contributed by atoms with Gasteiger partial charge in [-0.2, -0.15) is 0 Å². The van der Waals surface area contributed by atoms with Gasteiger partial charge in [0.25, 0.3) is 0 Å². The van der Waals surface area contributed by atoms with Crippen molar-refractivity contribution < 1.29 is 0 Å². The Morgan fingerprint density at radius 2 is 2.27 bits per heavy atom. The first kappa shape index (κ1) is 8.14. The maximum absolute atomic E-state index is 4.23. The fourth-order valence-corrected chi connectivity index (χ4v) is 1.53. The number of hydrogen-bond donors (Lipinski definition) is 0. The van der Waals surface area contributed by atoms with Gasteiger partial charge in [0.15, 0.2) is 0 Å². The largest absolute Gasteiger partial charge is 0.245 e. The van der Waals surface area contributed by atoms with Crippen LogP contribution in [0.1, 0.15) is 10.7 Å². The molecule has 0 spiro atoms. The van der Waals surface area contributed by atoms with Crippen molar-refractivity contribution in [1.82, 2.24) is 4.98 Å². The SMILES string of the molecule is C=C/C=N\c1sc(C)nc1C. The lowest BCUT2D eigenvalue weighted by Gasteiger charge is -1.83. The van der Waals surface area contributed by atoms with Gasteiger partial charge < -0.3 is 0 Å². The number of hydrogen-bond acceptors (Lipinski definition) is 3. The van der Waals surface area contributed by atoms with Crippen LogP contribution >= 0.6 is 11.3 Å². The van der Waals surface area contributed by atoms with Crippen LogP contribution in [0.4, 0.5) is 5.00 Å². The summed E-state index contributed by atoms with van der Waals surface area (Å²) in [6.45, 7) is 7.48. The van der Waals surface area contributed by atoms with Crippen LogP contribution in [0, 0.1) is 13.8 Å². The lowest BCUT2D eigenvalue weighted by atomic mass is 10.5. The Morgan fingerprint density at radius 3 is 2.73 bits per heavy atom. The van der Waals surface area contributed by atoms with Crippen LogP contribution < -0.4 is 0 Å². The van der Waals surface area contributed by atoms with Gasteiger partial charge in [-0.15, -0.1) is 0 Å². The molecule has 0 atom stereocenters. The van der Waals surface area contributed by atoms with Crippen molar-refractivity contribution in [2.24, 2.45) is 4.99 Å². The number of rotatable bonds is 2. The van der Waals surface area contributed by atoms with Crippen LogP contribution in [0.3, 0.4) is 0 Å². The molecular weight excluding hydrogens is 156 g/mol. The lowest BCUT2D eigenvalue weighted by Crippen LogP contribution is -1.70. The molecule has 1 aromatic rings. The molecule has 0 aliphatic carbocycles. The fourth-order valence-electron chi connectivity index (χ4n) is 0.761. The van der Waals surface area contributed by atoms with Gasteiger partial charge >= 0.3 is 0 Å². The summed E-state index contributed by atoms with van der Waals surface area (Å²) in [6, 6.07) is 0. The fraction of sp³-hybridized carbons (Fsp3) is 0.250. The Kier molecular flexibility index (Phi) is 2.54. The molecule has 0 aromatic carbocycles. The van der Waals surface area contributed by atoms with Gasteiger partial charge in [0.1, 0.15) is 5.00 Å². The minimum atomic E-state index is 0.974. The molecule has 0 N–H and O–H groups in total. The quantitative estimate of drug-likeness (QED) is 0.620. The zero-order valence-electron chi connectivity index (χ0n) is 6.66. The molecule has 0 amide bonds. The molecule has 2 nitrogen and oxygen atoms in total. The van der Waals surface area contributed by atoms with E-state index in [0.717, 1.165) is 15.7 Å². The lowest BCUT2D eigenvalue weighted by molar-refractivity contribution is 1.20. The van der Waals surface area contributed by atoms with E-state index in [-0.39, 0.29) is 0 Å². The van der Waals surface area contributed by atoms with Gasteiger partial charge in [-0.05, 0) is 13.8 Å². The molecule has 0 radical (unpaired) electrons. The Labute approximate surface area is 70.3 Å². The third-order valence-electron chi connectivity index (χ3n) is 1.18. The van der Waals surface area contributed by atoms with Crippen molar-refractivity contribution in [2.75, 3.05) is 0 Å². The highest BCUT2D eigenvalue weighted by Crippen LogP contribution is 2.25. The summed E-state index contributed by atoms with van der Waals surface area (Å²) < 4.78 is 0. The topological polar surface area (TPSA) is 25.2 Å². The van der Waals surface area contributed by atoms with E-state index in [1.807, 2.05) is 13.8 Å². The molecule has 0 saturated heterocycles. The van der Waals surface area contributed by atoms with E-state index in [2.05, 4.69) is 16.6 Å². The Bertz CT molecular complexity index is 286. The van der Waals surface area contributed by atoms with Gasteiger partial charge in [-0.3, -0.25) is 0 Å². The van der Waals surface area contributed by atoms with E-state index in [9.17, 15) is 0 Å². The monoisotopic (exact) mass is 166 g/mol. The number of allylic oxidation sites excluding steroid dienone is 1. The molecular formula is C8H10N2S. The van der Waals surface area contributed by atoms with E-state index in [1.165, 1.54) is 0 Å². The second-order valence-corrected chi connectivity index (χ2v) is 3.32. The first-order valence-electron chi connectivity index (χ1n) is 3.33. The van der Waals surface area contributed by atoms with Gasteiger partial charge in [0.2, 0.25) is 0 Å². The maximum Gasteiger partial charge on any atom is 0.138 e. The van der Waals surface area contributed by atoms with E-state index < -0.39 is 0 Å². The van der Waals surface area contributed by atoms with Gasteiger partial charge in [-0.25, -0.2) is 9.98 Å². The number of nitrogens with zero attached hydrogens (tertiary/aromatic N) is 2. The summed E-state index contributed by atoms with van der Waals surface area (Å²) in [5, 5.41) is 2.03. The maximum atomic E-state index is 4.23. The summed E-state index contributed by atoms with van der Waals surface area (Å²) in [7, 11) is 0. The first-order valence-corrected chi connectivity index (χ1v) is 4.15.